The fourth-order valence-corrected chi connectivity index (χ4v) is 6.64. The van der Waals surface area contributed by atoms with Gasteiger partial charge in [0.2, 0.25) is 0 Å². The second-order valence-electron chi connectivity index (χ2n) is 10.7. The van der Waals surface area contributed by atoms with Gasteiger partial charge in [-0.25, -0.2) is 19.7 Å². The van der Waals surface area contributed by atoms with Crippen molar-refractivity contribution in [2.45, 2.75) is 48.1 Å². The highest BCUT2D eigenvalue weighted by Crippen LogP contribution is 2.36. The number of anilines is 1. The van der Waals surface area contributed by atoms with E-state index >= 15 is 0 Å². The minimum atomic E-state index is -4.89. The number of carboxylic acid groups (broad SMARTS) is 1. The Morgan fingerprint density at radius 3 is 2.58 bits per heavy atom. The fraction of sp³-hybridized carbons (Fsp3) is 0.321. The molecule has 0 radical (unpaired) electrons. The molecule has 11 nitrogen and oxygen atoms in total. The Balaban J connectivity index is 1.34. The van der Waals surface area contributed by atoms with Crippen molar-refractivity contribution >= 4 is 56.4 Å². The number of aromatic nitrogens is 4. The average molecular weight is 647 g/mol. The molecule has 5 rings (SSSR count). The number of rotatable bonds is 8. The first-order valence-electron chi connectivity index (χ1n) is 13.3. The van der Waals surface area contributed by atoms with Crippen molar-refractivity contribution < 1.29 is 22.2 Å². The van der Waals surface area contributed by atoms with Gasteiger partial charge in [-0.2, -0.15) is 8.42 Å². The van der Waals surface area contributed by atoms with Gasteiger partial charge in [0, 0.05) is 24.5 Å². The Hall–Kier alpha value is -3.75. The molecule has 0 spiro atoms. The number of hydrogen-bond acceptors (Lipinski definition) is 9. The molecule has 0 saturated carbocycles. The molecule has 15 heteroatoms. The van der Waals surface area contributed by atoms with Crippen LogP contribution in [0.1, 0.15) is 31.2 Å². The van der Waals surface area contributed by atoms with Gasteiger partial charge in [0.25, 0.3) is 5.56 Å². The van der Waals surface area contributed by atoms with Crippen LogP contribution in [0.2, 0.25) is 5.02 Å². The highest BCUT2D eigenvalue weighted by atomic mass is 35.5. The molecule has 1 fully saturated rings. The van der Waals surface area contributed by atoms with Crippen LogP contribution in [-0.4, -0.2) is 58.8 Å². The molecule has 0 atom stereocenters. The lowest BCUT2D eigenvalue weighted by Gasteiger charge is -2.39. The zero-order valence-corrected chi connectivity index (χ0v) is 25.6. The maximum atomic E-state index is 13.6. The Bertz CT molecular complexity index is 1860. The third kappa shape index (κ3) is 6.92. The summed E-state index contributed by atoms with van der Waals surface area (Å²) in [7, 11) is -4.89. The van der Waals surface area contributed by atoms with Gasteiger partial charge in [-0.3, -0.25) is 9.36 Å². The molecule has 2 N–H and O–H groups in total. The number of nitrogens with zero attached hydrogens (tertiary/aromatic N) is 5. The molecule has 3 heterocycles. The Morgan fingerprint density at radius 2 is 1.93 bits per heavy atom. The minimum absolute atomic E-state index is 0.0245. The molecule has 1 aliphatic rings. The normalized spacial score (nSPS) is 15.0. The molecule has 2 aromatic carbocycles. The Kier molecular flexibility index (Phi) is 8.63. The quantitative estimate of drug-likeness (QED) is 0.254. The predicted molar refractivity (Wildman–Crippen MR) is 161 cm³/mol. The predicted octanol–water partition coefficient (Wildman–Crippen LogP) is 4.88. The van der Waals surface area contributed by atoms with E-state index in [0.29, 0.717) is 33.4 Å². The smallest absolute Gasteiger partial charge is 0.404 e. The van der Waals surface area contributed by atoms with Crippen molar-refractivity contribution in [2.75, 3.05) is 24.5 Å². The summed E-state index contributed by atoms with van der Waals surface area (Å²) in [6.07, 6.45) is 3.91. The van der Waals surface area contributed by atoms with Crippen LogP contribution in [-0.2, 0) is 16.8 Å². The first-order chi connectivity index (χ1) is 20.3. The lowest BCUT2D eigenvalue weighted by Crippen LogP contribution is -2.44. The molecule has 1 amide bonds. The molecule has 0 bridgehead atoms. The van der Waals surface area contributed by atoms with Crippen LogP contribution in [0.25, 0.3) is 10.9 Å². The van der Waals surface area contributed by atoms with Crippen LogP contribution < -0.4 is 15.8 Å². The van der Waals surface area contributed by atoms with Crippen LogP contribution in [0.15, 0.2) is 68.4 Å². The summed E-state index contributed by atoms with van der Waals surface area (Å²) in [5.74, 6) is 1.11. The van der Waals surface area contributed by atoms with Crippen molar-refractivity contribution in [3.63, 3.8) is 0 Å². The van der Waals surface area contributed by atoms with Crippen molar-refractivity contribution in [3.05, 3.63) is 75.6 Å². The van der Waals surface area contributed by atoms with E-state index in [1.807, 2.05) is 0 Å². The van der Waals surface area contributed by atoms with Gasteiger partial charge in [0.05, 0.1) is 39.8 Å². The first kappa shape index (κ1) is 30.7. The molecule has 1 aliphatic heterocycles. The summed E-state index contributed by atoms with van der Waals surface area (Å²) in [5.41, 5.74) is 0.291. The largest absolute Gasteiger partial charge is 0.465 e. The van der Waals surface area contributed by atoms with Crippen molar-refractivity contribution in [2.24, 2.45) is 5.41 Å². The van der Waals surface area contributed by atoms with Crippen LogP contribution in [0, 0.1) is 12.3 Å². The summed E-state index contributed by atoms with van der Waals surface area (Å²) in [6, 6.07) is 8.79. The molecule has 2 aromatic heterocycles. The number of halogens is 2. The Labute approximate surface area is 256 Å². The van der Waals surface area contributed by atoms with Crippen molar-refractivity contribution in [1.82, 2.24) is 24.8 Å². The number of hydrogen-bond donors (Lipinski definition) is 2. The highest BCUT2D eigenvalue weighted by Gasteiger charge is 2.31. The molecular weight excluding hydrogens is 619 g/mol. The summed E-state index contributed by atoms with van der Waals surface area (Å²) in [5, 5.41) is 12.4. The minimum Gasteiger partial charge on any atom is -0.465 e. The average Bonchev–Trinajstić information content (AvgIpc) is 2.96. The summed E-state index contributed by atoms with van der Waals surface area (Å²) < 4.78 is 37.6. The van der Waals surface area contributed by atoms with Gasteiger partial charge >= 0.3 is 16.3 Å². The molecule has 43 heavy (non-hydrogen) atoms. The number of carbonyl (C=O) groups is 1. The second-order valence-corrected chi connectivity index (χ2v) is 13.5. The monoisotopic (exact) mass is 646 g/mol. The number of benzene rings is 2. The van der Waals surface area contributed by atoms with Crippen LogP contribution in [0.3, 0.4) is 0 Å². The highest BCUT2D eigenvalue weighted by molar-refractivity contribution is 7.99. The number of nitrogens with one attached hydrogen (secondary N) is 1. The van der Waals surface area contributed by atoms with Gasteiger partial charge in [-0.1, -0.05) is 42.4 Å². The molecule has 4 aromatic rings. The van der Waals surface area contributed by atoms with E-state index in [9.17, 15) is 21.9 Å². The van der Waals surface area contributed by atoms with E-state index in [1.165, 1.54) is 28.5 Å². The maximum absolute atomic E-state index is 13.6. The lowest BCUT2D eigenvalue weighted by molar-refractivity contribution is 0.178. The molecule has 1 saturated heterocycles. The van der Waals surface area contributed by atoms with E-state index in [4.69, 9.17) is 16.7 Å². The summed E-state index contributed by atoms with van der Waals surface area (Å²) >= 11 is 7.98. The Morgan fingerprint density at radius 1 is 1.19 bits per heavy atom. The zero-order valence-electron chi connectivity index (χ0n) is 23.3. The van der Waals surface area contributed by atoms with Gasteiger partial charge in [0.1, 0.15) is 16.7 Å². The SMILES string of the molecule is Cc1nc2ccc(Sc3cnc(N4CCC(C)(CNC(=O)O)CC4)cn3)c(Cl)c2c(=O)n1Cc1cccc(S(=O)(=O)F)c1. The van der Waals surface area contributed by atoms with Crippen molar-refractivity contribution in [3.8, 4) is 0 Å². The fourth-order valence-electron chi connectivity index (χ4n) is 4.98. The third-order valence-corrected chi connectivity index (χ3v) is 9.83. The van der Waals surface area contributed by atoms with E-state index in [-0.39, 0.29) is 22.4 Å². The number of amides is 1. The van der Waals surface area contributed by atoms with Gasteiger partial charge < -0.3 is 15.3 Å². The standard InChI is InChI=1S/C28H28ClFN6O5S2/c1-17-34-20-6-7-21(25(29)24(20)26(37)36(17)15-18-4-3-5-19(12-18)43(30,40)41)42-23-14-31-22(13-32-23)35-10-8-28(2,9-11-35)16-33-27(38)39/h3-7,12-14,33H,8-11,15-16H2,1-2H3,(H,38,39). The van der Waals surface area contributed by atoms with E-state index in [0.717, 1.165) is 37.8 Å². The van der Waals surface area contributed by atoms with Gasteiger partial charge in [-0.15, -0.1) is 3.89 Å². The van der Waals surface area contributed by atoms with Crippen LogP contribution in [0.5, 0.6) is 0 Å². The number of aryl methyl sites for hydroxylation is 1. The maximum Gasteiger partial charge on any atom is 0.404 e. The van der Waals surface area contributed by atoms with Gasteiger partial charge in [0.15, 0.2) is 0 Å². The molecule has 0 aliphatic carbocycles. The second kappa shape index (κ2) is 12.1. The molecule has 0 unspecified atom stereocenters. The van der Waals surface area contributed by atoms with Gasteiger partial charge in [-0.05, 0) is 55.0 Å². The summed E-state index contributed by atoms with van der Waals surface area (Å²) in [4.78, 5) is 40.3. The lowest BCUT2D eigenvalue weighted by atomic mass is 9.80. The van der Waals surface area contributed by atoms with E-state index in [1.54, 1.807) is 37.5 Å². The van der Waals surface area contributed by atoms with Crippen LogP contribution >= 0.6 is 23.4 Å². The first-order valence-corrected chi connectivity index (χ1v) is 15.9. The number of piperidine rings is 1. The van der Waals surface area contributed by atoms with E-state index < -0.39 is 26.8 Å². The molecule has 226 valence electrons. The number of fused-ring (bicyclic) bond motifs is 1. The van der Waals surface area contributed by atoms with E-state index in [2.05, 4.69) is 32.1 Å². The third-order valence-electron chi connectivity index (χ3n) is 7.53. The molecular formula is C28H28ClFN6O5S2. The zero-order chi connectivity index (χ0) is 30.9. The summed E-state index contributed by atoms with van der Waals surface area (Å²) in [6.45, 7) is 5.55. The van der Waals surface area contributed by atoms with Crippen LogP contribution in [0.4, 0.5) is 14.5 Å². The van der Waals surface area contributed by atoms with Crippen molar-refractivity contribution in [1.29, 1.82) is 0 Å². The topological polar surface area (TPSA) is 147 Å².